The van der Waals surface area contributed by atoms with Gasteiger partial charge in [0.15, 0.2) is 5.44 Å². The summed E-state index contributed by atoms with van der Waals surface area (Å²) in [6, 6.07) is 0.112. The third-order valence-electron chi connectivity index (χ3n) is 3.09. The Morgan fingerprint density at radius 3 is 2.56 bits per heavy atom. The average Bonchev–Trinajstić information content (AvgIpc) is 2.69. The van der Waals surface area contributed by atoms with Crippen molar-refractivity contribution in [1.82, 2.24) is 4.90 Å². The van der Waals surface area contributed by atoms with Crippen molar-refractivity contribution >= 4 is 10.1 Å². The molecule has 1 heterocycles. The first-order valence-electron chi connectivity index (χ1n) is 5.95. The number of aliphatic hydroxyl groups excluding tert-OH is 2. The molecule has 108 valence electrons. The highest BCUT2D eigenvalue weighted by molar-refractivity contribution is 7.86. The maximum absolute atomic E-state index is 10.7. The van der Waals surface area contributed by atoms with Gasteiger partial charge in [-0.3, -0.25) is 9.45 Å². The fourth-order valence-electron chi connectivity index (χ4n) is 2.08. The molecular weight excluding hydrogens is 262 g/mol. The number of hydrogen-bond donors (Lipinski definition) is 3. The molecule has 0 aromatic heterocycles. The Morgan fingerprint density at radius 1 is 1.44 bits per heavy atom. The summed E-state index contributed by atoms with van der Waals surface area (Å²) in [4.78, 5) is 1.87. The van der Waals surface area contributed by atoms with E-state index in [9.17, 15) is 13.5 Å². The molecule has 0 amide bonds. The predicted octanol–water partition coefficient (Wildman–Crippen LogP) is -0.946. The molecule has 8 heteroatoms. The lowest BCUT2D eigenvalue weighted by Gasteiger charge is -2.27. The summed E-state index contributed by atoms with van der Waals surface area (Å²) in [5.74, 6) is 0. The van der Waals surface area contributed by atoms with Gasteiger partial charge in [-0.1, -0.05) is 0 Å². The van der Waals surface area contributed by atoms with E-state index in [0.717, 1.165) is 6.42 Å². The van der Waals surface area contributed by atoms with Gasteiger partial charge in [-0.05, 0) is 13.3 Å². The first-order valence-corrected chi connectivity index (χ1v) is 7.45. The van der Waals surface area contributed by atoms with Crippen LogP contribution in [0.5, 0.6) is 0 Å². The van der Waals surface area contributed by atoms with E-state index in [1.807, 2.05) is 11.8 Å². The molecule has 3 N–H and O–H groups in total. The van der Waals surface area contributed by atoms with E-state index >= 15 is 0 Å². The number of nitrogens with zero attached hydrogens (tertiary/aromatic N) is 1. The Morgan fingerprint density at radius 2 is 2.11 bits per heavy atom. The highest BCUT2D eigenvalue weighted by Crippen LogP contribution is 2.18. The smallest absolute Gasteiger partial charge is 0.292 e. The Kier molecular flexibility index (Phi) is 5.96. The van der Waals surface area contributed by atoms with Crippen molar-refractivity contribution in [3.05, 3.63) is 0 Å². The molecule has 3 unspecified atom stereocenters. The van der Waals surface area contributed by atoms with Gasteiger partial charge in [0.05, 0.1) is 19.3 Å². The fraction of sp³-hybridized carbons (Fsp3) is 1.00. The van der Waals surface area contributed by atoms with Crippen molar-refractivity contribution in [3.63, 3.8) is 0 Å². The lowest BCUT2D eigenvalue weighted by atomic mass is 10.1. The molecule has 1 aliphatic heterocycles. The number of aliphatic hydroxyl groups is 2. The van der Waals surface area contributed by atoms with Crippen LogP contribution in [0.4, 0.5) is 0 Å². The maximum atomic E-state index is 10.7. The van der Waals surface area contributed by atoms with E-state index in [-0.39, 0.29) is 31.7 Å². The molecule has 1 saturated heterocycles. The second-order valence-corrected chi connectivity index (χ2v) is 6.13. The van der Waals surface area contributed by atoms with Gasteiger partial charge in [0.1, 0.15) is 0 Å². The van der Waals surface area contributed by atoms with Crippen LogP contribution in [0.1, 0.15) is 19.8 Å². The van der Waals surface area contributed by atoms with E-state index < -0.39 is 15.6 Å². The first-order chi connectivity index (χ1) is 8.34. The van der Waals surface area contributed by atoms with Gasteiger partial charge in [-0.15, -0.1) is 0 Å². The topological polar surface area (TPSA) is 107 Å². The molecule has 1 aliphatic rings. The average molecular weight is 283 g/mol. The summed E-state index contributed by atoms with van der Waals surface area (Å²) < 4.78 is 35.5. The minimum atomic E-state index is -4.41. The minimum absolute atomic E-state index is 0.0488. The van der Waals surface area contributed by atoms with Crippen molar-refractivity contribution in [1.29, 1.82) is 0 Å². The van der Waals surface area contributed by atoms with Crippen molar-refractivity contribution < 1.29 is 27.9 Å². The zero-order valence-corrected chi connectivity index (χ0v) is 11.2. The van der Waals surface area contributed by atoms with E-state index in [1.54, 1.807) is 0 Å². The number of hydrogen-bond acceptors (Lipinski definition) is 6. The van der Waals surface area contributed by atoms with Crippen molar-refractivity contribution in [3.8, 4) is 0 Å². The first kappa shape index (κ1) is 15.8. The number of rotatable bonds is 7. The molecule has 0 bridgehead atoms. The quantitative estimate of drug-likeness (QED) is 0.517. The standard InChI is InChI=1S/C10H21NO6S/c1-8-6-9(7-17-8)11(4-5-12)3-2-10(13)18(14,15)16/h8-10,12-13H,2-7H2,1H3,(H,14,15,16). The zero-order valence-electron chi connectivity index (χ0n) is 10.4. The summed E-state index contributed by atoms with van der Waals surface area (Å²) in [6.07, 6.45) is 0.855. The molecule has 1 fully saturated rings. The van der Waals surface area contributed by atoms with Gasteiger partial charge in [-0.2, -0.15) is 8.42 Å². The Balaban J connectivity index is 2.48. The van der Waals surface area contributed by atoms with E-state index in [0.29, 0.717) is 13.2 Å². The molecule has 0 aromatic carbocycles. The molecule has 1 rings (SSSR count). The van der Waals surface area contributed by atoms with Gasteiger partial charge >= 0.3 is 0 Å². The van der Waals surface area contributed by atoms with Crippen LogP contribution in [0.15, 0.2) is 0 Å². The monoisotopic (exact) mass is 283 g/mol. The highest BCUT2D eigenvalue weighted by atomic mass is 32.2. The SMILES string of the molecule is CC1CC(N(CCO)CCC(O)S(=O)(=O)O)CO1. The molecular formula is C10H21NO6S. The normalized spacial score (nSPS) is 26.7. The van der Waals surface area contributed by atoms with Crippen LogP contribution in [0.25, 0.3) is 0 Å². The Bertz CT molecular complexity index is 346. The van der Waals surface area contributed by atoms with Gasteiger partial charge in [0.25, 0.3) is 10.1 Å². The van der Waals surface area contributed by atoms with E-state index in [2.05, 4.69) is 0 Å². The van der Waals surface area contributed by atoms with Crippen LogP contribution >= 0.6 is 0 Å². The second kappa shape index (κ2) is 6.78. The van der Waals surface area contributed by atoms with E-state index in [1.165, 1.54) is 0 Å². The second-order valence-electron chi connectivity index (χ2n) is 4.55. The van der Waals surface area contributed by atoms with Crippen LogP contribution in [0, 0.1) is 0 Å². The third-order valence-corrected chi connectivity index (χ3v) is 4.01. The van der Waals surface area contributed by atoms with Crippen LogP contribution < -0.4 is 0 Å². The molecule has 18 heavy (non-hydrogen) atoms. The van der Waals surface area contributed by atoms with Gasteiger partial charge < -0.3 is 14.9 Å². The van der Waals surface area contributed by atoms with Crippen LogP contribution in [0.2, 0.25) is 0 Å². The summed E-state index contributed by atoms with van der Waals surface area (Å²) in [5, 5.41) is 18.2. The molecule has 3 atom stereocenters. The summed E-state index contributed by atoms with van der Waals surface area (Å²) in [6.45, 7) is 3.10. The molecule has 7 nitrogen and oxygen atoms in total. The molecule has 0 aliphatic carbocycles. The molecule has 0 spiro atoms. The largest absolute Gasteiger partial charge is 0.395 e. The number of ether oxygens (including phenoxy) is 1. The summed E-state index contributed by atoms with van der Waals surface area (Å²) in [5.41, 5.74) is -1.78. The van der Waals surface area contributed by atoms with Crippen LogP contribution in [-0.4, -0.2) is 72.0 Å². The van der Waals surface area contributed by atoms with Crippen LogP contribution in [0.3, 0.4) is 0 Å². The lowest BCUT2D eigenvalue weighted by molar-refractivity contribution is 0.0939. The lowest BCUT2D eigenvalue weighted by Crippen LogP contribution is -2.40. The highest BCUT2D eigenvalue weighted by Gasteiger charge is 2.28. The zero-order chi connectivity index (χ0) is 13.8. The summed E-state index contributed by atoms with van der Waals surface area (Å²) in [7, 11) is -4.41. The predicted molar refractivity (Wildman–Crippen MR) is 64.7 cm³/mol. The van der Waals surface area contributed by atoms with Gasteiger partial charge in [0, 0.05) is 25.6 Å². The third kappa shape index (κ3) is 4.79. The Labute approximate surface area is 107 Å². The molecule has 0 aromatic rings. The Hall–Kier alpha value is -0.250. The van der Waals surface area contributed by atoms with Crippen molar-refractivity contribution in [2.24, 2.45) is 0 Å². The van der Waals surface area contributed by atoms with Gasteiger partial charge in [0.2, 0.25) is 0 Å². The molecule has 0 saturated carbocycles. The van der Waals surface area contributed by atoms with Gasteiger partial charge in [-0.25, -0.2) is 0 Å². The van der Waals surface area contributed by atoms with E-state index in [4.69, 9.17) is 14.4 Å². The van der Waals surface area contributed by atoms with Crippen molar-refractivity contribution in [2.75, 3.05) is 26.3 Å². The maximum Gasteiger partial charge on any atom is 0.292 e. The van der Waals surface area contributed by atoms with Crippen molar-refractivity contribution in [2.45, 2.75) is 37.3 Å². The van der Waals surface area contributed by atoms with Crippen LogP contribution in [-0.2, 0) is 14.9 Å². The fourth-order valence-corrected chi connectivity index (χ4v) is 2.48. The molecule has 0 radical (unpaired) electrons. The summed E-state index contributed by atoms with van der Waals surface area (Å²) >= 11 is 0. The minimum Gasteiger partial charge on any atom is -0.395 e.